The highest BCUT2D eigenvalue weighted by Gasteiger charge is 2.43. The van der Waals surface area contributed by atoms with Gasteiger partial charge in [-0.15, -0.1) is 0 Å². The van der Waals surface area contributed by atoms with Gasteiger partial charge in [-0.2, -0.15) is 0 Å². The number of esters is 1. The first-order valence-corrected chi connectivity index (χ1v) is 33.7. The van der Waals surface area contributed by atoms with Gasteiger partial charge in [-0.1, -0.05) is 0 Å². The van der Waals surface area contributed by atoms with Crippen LogP contribution in [0, 0.1) is 0 Å². The lowest BCUT2D eigenvalue weighted by molar-refractivity contribution is -0.145. The van der Waals surface area contributed by atoms with E-state index >= 15 is 0 Å². The van der Waals surface area contributed by atoms with E-state index in [2.05, 4.69) is 0 Å². The maximum Gasteiger partial charge on any atom is 0.410 e. The van der Waals surface area contributed by atoms with Crippen LogP contribution in [0.3, 0.4) is 0 Å². The predicted octanol–water partition coefficient (Wildman–Crippen LogP) is 10.4. The van der Waals surface area contributed by atoms with Crippen molar-refractivity contribution in [3.05, 3.63) is 47.5 Å². The standard InChI is InChI=1S/C36H57N3O9.C34H53N3O9/c1-9-46-33(41)18-17-32(40)37(27-12-13-27)20-19-28-14-15-29(24-38(28)35(43)48-36(4,5)6)39(25(2)3)34(42)26-11-16-30(45-8)31(23-26)47-22-10-21-44-7;1-23(2)37(32(41)24-9-14-28(44-7)29(21-24)45-20-8-19-43-6)27-13-12-26(36(22-27)33(42)46-34(3,4)5)17-18-35(25-10-11-25)30(38)15-16-31(39)40/h11,16,23,25,27-29H,9-10,12-15,17-22,24H2,1-8H3;9,14,21,23,25-27H,8,10-13,15-20,22H2,1-7H3,(H,39,40)/t28-,29-;26-,27-/m11/s1. The first-order chi connectivity index (χ1) is 44.5. The Morgan fingerprint density at radius 3 is 1.23 bits per heavy atom. The molecule has 2 heterocycles. The minimum atomic E-state index is -0.997. The van der Waals surface area contributed by atoms with E-state index in [1.807, 2.05) is 83.9 Å². The quantitative estimate of drug-likeness (QED) is 0.0396. The summed E-state index contributed by atoms with van der Waals surface area (Å²) in [6, 6.07) is 9.45. The monoisotopic (exact) mass is 1320 g/mol. The number of carbonyl (C=O) groups is 8. The summed E-state index contributed by atoms with van der Waals surface area (Å²) in [5, 5.41) is 9.06. The number of amides is 6. The highest BCUT2D eigenvalue weighted by Crippen LogP contribution is 2.36. The summed E-state index contributed by atoms with van der Waals surface area (Å²) >= 11 is 0. The lowest BCUT2D eigenvalue weighted by atomic mass is 9.93. The molecule has 6 rings (SSSR count). The van der Waals surface area contributed by atoms with Crippen molar-refractivity contribution in [2.24, 2.45) is 0 Å². The largest absolute Gasteiger partial charge is 0.493 e. The fourth-order valence-corrected chi connectivity index (χ4v) is 12.0. The molecule has 0 bridgehead atoms. The topological polar surface area (TPSA) is 259 Å². The number of hydrogen-bond acceptors (Lipinski definition) is 17. The molecule has 4 aliphatic rings. The van der Waals surface area contributed by atoms with E-state index in [4.69, 9.17) is 47.7 Å². The van der Waals surface area contributed by atoms with Gasteiger partial charge in [0.05, 0.1) is 59.0 Å². The Hall–Kier alpha value is -7.08. The van der Waals surface area contributed by atoms with Gasteiger partial charge in [-0.3, -0.25) is 28.8 Å². The zero-order valence-corrected chi connectivity index (χ0v) is 58.8. The number of likely N-dealkylation sites (tertiary alicyclic amines) is 2. The van der Waals surface area contributed by atoms with Gasteiger partial charge in [0.2, 0.25) is 11.8 Å². The molecule has 2 saturated heterocycles. The molecule has 4 fully saturated rings. The molecule has 24 heteroatoms. The summed E-state index contributed by atoms with van der Waals surface area (Å²) in [5.74, 6) is 0.0972. The number of benzene rings is 2. The van der Waals surface area contributed by atoms with Gasteiger partial charge < -0.3 is 77.1 Å². The fourth-order valence-electron chi connectivity index (χ4n) is 12.0. The van der Waals surface area contributed by atoms with Crippen LogP contribution in [0.1, 0.15) is 200 Å². The Balaban J connectivity index is 0.000000341. The molecule has 0 aromatic heterocycles. The third kappa shape index (κ3) is 24.6. The average Bonchev–Trinajstić information content (AvgIpc) is 1.35. The molecule has 94 heavy (non-hydrogen) atoms. The smallest absolute Gasteiger partial charge is 0.410 e. The van der Waals surface area contributed by atoms with Gasteiger partial charge in [-0.05, 0) is 177 Å². The molecule has 528 valence electrons. The summed E-state index contributed by atoms with van der Waals surface area (Å²) in [6.45, 7) is 24.3. The molecule has 0 spiro atoms. The van der Waals surface area contributed by atoms with E-state index < -0.39 is 29.4 Å². The highest BCUT2D eigenvalue weighted by atomic mass is 16.6. The first-order valence-electron chi connectivity index (χ1n) is 33.7. The van der Waals surface area contributed by atoms with Crippen LogP contribution in [0.15, 0.2) is 36.4 Å². The molecule has 24 nitrogen and oxygen atoms in total. The SMILES string of the molecule is CCOC(=O)CCC(=O)N(CC[C@H]1CC[C@@H](N(C(=O)c2ccc(OC)c(OCCCOC)c2)C(C)C)CN1C(=O)OC(C)(C)C)C1CC1.COCCCOc1cc(C(=O)N(C(C)C)[C@@H]2CC[C@H](CCN(C(=O)CCC(=O)O)C3CC3)N(C(=O)OC(C)(C)C)C2)ccc1OC. The van der Waals surface area contributed by atoms with Crippen molar-refractivity contribution >= 4 is 47.8 Å². The molecule has 0 radical (unpaired) electrons. The van der Waals surface area contributed by atoms with Crippen LogP contribution in [-0.2, 0) is 42.9 Å². The molecule has 2 aliphatic carbocycles. The van der Waals surface area contributed by atoms with Crippen LogP contribution in [0.4, 0.5) is 9.59 Å². The van der Waals surface area contributed by atoms with Crippen molar-refractivity contribution in [2.75, 3.05) is 87.7 Å². The number of aliphatic carboxylic acids is 1. The number of hydrogen-bond donors (Lipinski definition) is 1. The van der Waals surface area contributed by atoms with Crippen molar-refractivity contribution in [3.63, 3.8) is 0 Å². The maximum absolute atomic E-state index is 14.1. The third-order valence-corrected chi connectivity index (χ3v) is 16.7. The van der Waals surface area contributed by atoms with Gasteiger partial charge >= 0.3 is 24.1 Å². The van der Waals surface area contributed by atoms with Crippen LogP contribution >= 0.6 is 0 Å². The van der Waals surface area contributed by atoms with Crippen molar-refractivity contribution in [3.8, 4) is 23.0 Å². The minimum Gasteiger partial charge on any atom is -0.493 e. The lowest BCUT2D eigenvalue weighted by Gasteiger charge is -2.45. The molecule has 1 N–H and O–H groups in total. The first kappa shape index (κ1) is 77.6. The van der Waals surface area contributed by atoms with Gasteiger partial charge in [0.25, 0.3) is 11.8 Å². The number of carbonyl (C=O) groups excluding carboxylic acids is 7. The Morgan fingerprint density at radius 2 is 0.904 bits per heavy atom. The van der Waals surface area contributed by atoms with Crippen molar-refractivity contribution in [1.82, 2.24) is 29.4 Å². The summed E-state index contributed by atoms with van der Waals surface area (Å²) < 4.78 is 49.7. The zero-order chi connectivity index (χ0) is 69.5. The second-order valence-corrected chi connectivity index (χ2v) is 27.2. The molecular weight excluding hydrogens is 1210 g/mol. The van der Waals surface area contributed by atoms with Gasteiger partial charge in [0.1, 0.15) is 11.2 Å². The van der Waals surface area contributed by atoms with Crippen molar-refractivity contribution < 1.29 is 86.1 Å². The zero-order valence-electron chi connectivity index (χ0n) is 58.8. The number of methoxy groups -OCH3 is 4. The Labute approximate surface area is 557 Å². The molecule has 2 aromatic carbocycles. The molecular formula is C70H110N6O18. The van der Waals surface area contributed by atoms with Crippen molar-refractivity contribution in [1.29, 1.82) is 0 Å². The number of carboxylic acids is 1. The van der Waals surface area contributed by atoms with E-state index in [-0.39, 0.29) is 117 Å². The van der Waals surface area contributed by atoms with Crippen LogP contribution in [-0.4, -0.2) is 229 Å². The molecule has 2 saturated carbocycles. The minimum absolute atomic E-state index is 0.0366. The van der Waals surface area contributed by atoms with E-state index in [1.165, 1.54) is 0 Å². The second-order valence-electron chi connectivity index (χ2n) is 27.2. The summed E-state index contributed by atoms with van der Waals surface area (Å²) in [7, 11) is 6.39. The van der Waals surface area contributed by atoms with E-state index in [0.29, 0.717) is 132 Å². The van der Waals surface area contributed by atoms with Gasteiger partial charge in [-0.25, -0.2) is 9.59 Å². The Kier molecular flexibility index (Phi) is 30.8. The van der Waals surface area contributed by atoms with Crippen LogP contribution < -0.4 is 18.9 Å². The molecule has 4 atom stereocenters. The average molecular weight is 1320 g/mol. The summed E-state index contributed by atoms with van der Waals surface area (Å²) in [6.07, 6.45) is 7.83. The summed E-state index contributed by atoms with van der Waals surface area (Å²) in [5.41, 5.74) is -0.480. The van der Waals surface area contributed by atoms with Crippen LogP contribution in [0.5, 0.6) is 23.0 Å². The number of ether oxygens (including phenoxy) is 9. The van der Waals surface area contributed by atoms with Gasteiger partial charge in [0.15, 0.2) is 23.0 Å². The predicted molar refractivity (Wildman–Crippen MR) is 354 cm³/mol. The fraction of sp³-hybridized carbons (Fsp3) is 0.714. The van der Waals surface area contributed by atoms with Gasteiger partial charge in [0, 0.05) is 127 Å². The Morgan fingerprint density at radius 1 is 0.521 bits per heavy atom. The van der Waals surface area contributed by atoms with Crippen LogP contribution in [0.25, 0.3) is 0 Å². The number of carboxylic acid groups (broad SMARTS) is 1. The third-order valence-electron chi connectivity index (χ3n) is 16.7. The van der Waals surface area contributed by atoms with Crippen molar-refractivity contribution in [2.45, 2.75) is 238 Å². The van der Waals surface area contributed by atoms with E-state index in [0.717, 1.165) is 25.7 Å². The van der Waals surface area contributed by atoms with Crippen LogP contribution in [0.2, 0.25) is 0 Å². The molecule has 6 amide bonds. The summed E-state index contributed by atoms with van der Waals surface area (Å²) in [4.78, 5) is 115. The van der Waals surface area contributed by atoms with E-state index in [9.17, 15) is 38.4 Å². The number of piperidine rings is 2. The number of nitrogens with zero attached hydrogens (tertiary/aromatic N) is 6. The number of rotatable bonds is 33. The Bertz CT molecular complexity index is 2790. The highest BCUT2D eigenvalue weighted by molar-refractivity contribution is 5.96. The lowest BCUT2D eigenvalue weighted by Crippen LogP contribution is -2.58. The normalized spacial score (nSPS) is 18.1. The molecule has 0 unspecified atom stereocenters. The molecule has 2 aliphatic heterocycles. The molecule has 2 aromatic rings. The van der Waals surface area contributed by atoms with E-state index in [1.54, 1.807) is 86.5 Å². The maximum atomic E-state index is 14.1. The second kappa shape index (κ2) is 37.3.